The van der Waals surface area contributed by atoms with Gasteiger partial charge in [0.05, 0.1) is 0 Å². The van der Waals surface area contributed by atoms with Crippen LogP contribution in [0.1, 0.15) is 5.56 Å². The van der Waals surface area contributed by atoms with Gasteiger partial charge in [0, 0.05) is 16.2 Å². The van der Waals surface area contributed by atoms with Gasteiger partial charge in [-0.15, -0.1) is 0 Å². The molecule has 0 spiro atoms. The van der Waals surface area contributed by atoms with Crippen molar-refractivity contribution < 1.29 is 4.39 Å². The lowest BCUT2D eigenvalue weighted by Crippen LogP contribution is -1.72. The fourth-order valence-electron chi connectivity index (χ4n) is 0.448. The molecule has 0 amide bonds. The lowest BCUT2D eigenvalue weighted by molar-refractivity contribution is 0.583. The van der Waals surface area contributed by atoms with E-state index in [4.69, 9.17) is 0 Å². The average molecular weight is 178 g/mol. The molecule has 0 radical (unpaired) electrons. The minimum Gasteiger partial charge on any atom is -0.337 e. The van der Waals surface area contributed by atoms with Gasteiger partial charge in [0.1, 0.15) is 0 Å². The molecule has 0 aromatic carbocycles. The Bertz CT molecular complexity index is 175. The van der Waals surface area contributed by atoms with Gasteiger partial charge in [-0.05, 0) is 22.9 Å². The molecule has 0 aliphatic rings. The van der Waals surface area contributed by atoms with E-state index in [1.54, 1.807) is 13.1 Å². The van der Waals surface area contributed by atoms with Crippen molar-refractivity contribution in [1.29, 1.82) is 0 Å². The highest BCUT2D eigenvalue weighted by atomic mass is 79.9. The fraction of sp³-hybridized carbons (Fsp3) is 0.200. The smallest absolute Gasteiger partial charge is 0.195 e. The third kappa shape index (κ3) is 0.777. The van der Waals surface area contributed by atoms with Gasteiger partial charge in [-0.2, -0.15) is 4.39 Å². The highest BCUT2D eigenvalue weighted by Gasteiger charge is 2.00. The van der Waals surface area contributed by atoms with Crippen LogP contribution in [-0.4, -0.2) is 4.98 Å². The Labute approximate surface area is 55.0 Å². The van der Waals surface area contributed by atoms with E-state index in [0.717, 1.165) is 4.47 Å². The minimum atomic E-state index is -0.267. The van der Waals surface area contributed by atoms with E-state index in [1.165, 1.54) is 0 Å². The first kappa shape index (κ1) is 5.82. The summed E-state index contributed by atoms with van der Waals surface area (Å²) in [4.78, 5) is 2.42. The molecule has 1 nitrogen and oxygen atoms in total. The summed E-state index contributed by atoms with van der Waals surface area (Å²) in [5.41, 5.74) is 0.630. The topological polar surface area (TPSA) is 15.8 Å². The predicted molar refractivity (Wildman–Crippen MR) is 33.2 cm³/mol. The minimum absolute atomic E-state index is 0.267. The first-order chi connectivity index (χ1) is 3.72. The van der Waals surface area contributed by atoms with Crippen molar-refractivity contribution in [3.8, 4) is 0 Å². The van der Waals surface area contributed by atoms with Gasteiger partial charge < -0.3 is 4.98 Å². The SMILES string of the molecule is Cc1c(Br)c[nH]c1F. The van der Waals surface area contributed by atoms with Crippen molar-refractivity contribution in [2.24, 2.45) is 0 Å². The van der Waals surface area contributed by atoms with Gasteiger partial charge >= 0.3 is 0 Å². The van der Waals surface area contributed by atoms with E-state index in [9.17, 15) is 4.39 Å². The van der Waals surface area contributed by atoms with Crippen LogP contribution in [0, 0.1) is 12.9 Å². The number of hydrogen-bond donors (Lipinski definition) is 1. The molecule has 0 unspecified atom stereocenters. The Kier molecular flexibility index (Phi) is 1.38. The summed E-state index contributed by atoms with van der Waals surface area (Å²) in [5.74, 6) is -0.267. The number of H-pyrrole nitrogens is 1. The van der Waals surface area contributed by atoms with Crippen LogP contribution >= 0.6 is 15.9 Å². The molecule has 3 heteroatoms. The van der Waals surface area contributed by atoms with Crippen LogP contribution in [0.15, 0.2) is 10.7 Å². The first-order valence-electron chi connectivity index (χ1n) is 2.21. The second-order valence-corrected chi connectivity index (χ2v) is 2.43. The normalized spacial score (nSPS) is 9.88. The molecule has 0 bridgehead atoms. The standard InChI is InChI=1S/C5H5BrFN/c1-3-4(6)2-8-5(3)7/h2,8H,1H3. The maximum absolute atomic E-state index is 12.3. The molecular weight excluding hydrogens is 173 g/mol. The summed E-state index contributed by atoms with van der Waals surface area (Å²) in [7, 11) is 0. The maximum atomic E-state index is 12.3. The van der Waals surface area contributed by atoms with Gasteiger partial charge in [-0.3, -0.25) is 0 Å². The molecule has 44 valence electrons. The highest BCUT2D eigenvalue weighted by Crippen LogP contribution is 2.16. The van der Waals surface area contributed by atoms with E-state index in [2.05, 4.69) is 20.9 Å². The molecule has 0 saturated carbocycles. The zero-order valence-corrected chi connectivity index (χ0v) is 5.92. The Morgan fingerprint density at radius 1 is 1.75 bits per heavy atom. The van der Waals surface area contributed by atoms with Crippen LogP contribution in [0.4, 0.5) is 4.39 Å². The maximum Gasteiger partial charge on any atom is 0.195 e. The number of hydrogen-bond acceptors (Lipinski definition) is 0. The van der Waals surface area contributed by atoms with Gasteiger partial charge in [-0.25, -0.2) is 0 Å². The third-order valence-electron chi connectivity index (χ3n) is 1.01. The van der Waals surface area contributed by atoms with E-state index < -0.39 is 0 Å². The number of rotatable bonds is 0. The summed E-state index contributed by atoms with van der Waals surface area (Å²) in [5, 5.41) is 0. The number of halogens is 2. The molecule has 0 fully saturated rings. The monoisotopic (exact) mass is 177 g/mol. The van der Waals surface area contributed by atoms with Gasteiger partial charge in [0.15, 0.2) is 5.95 Å². The van der Waals surface area contributed by atoms with Crippen molar-refractivity contribution in [3.63, 3.8) is 0 Å². The Morgan fingerprint density at radius 3 is 2.50 bits per heavy atom. The molecule has 1 aromatic rings. The number of nitrogens with one attached hydrogen (secondary N) is 1. The Balaban J connectivity index is 3.19. The number of aromatic amines is 1. The zero-order valence-electron chi connectivity index (χ0n) is 4.33. The van der Waals surface area contributed by atoms with Crippen molar-refractivity contribution in [2.45, 2.75) is 6.92 Å². The van der Waals surface area contributed by atoms with Crippen molar-refractivity contribution >= 4 is 15.9 Å². The van der Waals surface area contributed by atoms with Crippen LogP contribution in [0.25, 0.3) is 0 Å². The number of aromatic nitrogens is 1. The Morgan fingerprint density at radius 2 is 2.38 bits per heavy atom. The summed E-state index contributed by atoms with van der Waals surface area (Å²) in [6, 6.07) is 0. The quantitative estimate of drug-likeness (QED) is 0.626. The van der Waals surface area contributed by atoms with Crippen molar-refractivity contribution in [1.82, 2.24) is 4.98 Å². The van der Waals surface area contributed by atoms with Gasteiger partial charge in [0.25, 0.3) is 0 Å². The van der Waals surface area contributed by atoms with Crippen molar-refractivity contribution in [3.05, 3.63) is 22.2 Å². The van der Waals surface area contributed by atoms with Crippen LogP contribution < -0.4 is 0 Å². The first-order valence-corrected chi connectivity index (χ1v) is 3.00. The lowest BCUT2D eigenvalue weighted by Gasteiger charge is -1.81. The van der Waals surface area contributed by atoms with Gasteiger partial charge in [0.2, 0.25) is 0 Å². The molecule has 0 saturated heterocycles. The molecule has 0 aliphatic heterocycles. The van der Waals surface area contributed by atoms with Crippen LogP contribution in [0.2, 0.25) is 0 Å². The van der Waals surface area contributed by atoms with Gasteiger partial charge in [-0.1, -0.05) is 0 Å². The van der Waals surface area contributed by atoms with E-state index in [-0.39, 0.29) is 5.95 Å². The second-order valence-electron chi connectivity index (χ2n) is 1.58. The largest absolute Gasteiger partial charge is 0.337 e. The summed E-state index contributed by atoms with van der Waals surface area (Å²) >= 11 is 3.14. The van der Waals surface area contributed by atoms with Crippen LogP contribution in [-0.2, 0) is 0 Å². The van der Waals surface area contributed by atoms with E-state index in [0.29, 0.717) is 5.56 Å². The molecule has 1 N–H and O–H groups in total. The molecule has 8 heavy (non-hydrogen) atoms. The highest BCUT2D eigenvalue weighted by molar-refractivity contribution is 9.10. The molecule has 0 atom stereocenters. The predicted octanol–water partition coefficient (Wildman–Crippen LogP) is 2.22. The van der Waals surface area contributed by atoms with Crippen LogP contribution in [0.3, 0.4) is 0 Å². The molecule has 0 aliphatic carbocycles. The molecule has 1 rings (SSSR count). The summed E-state index contributed by atoms with van der Waals surface area (Å²) in [6.45, 7) is 1.70. The van der Waals surface area contributed by atoms with Crippen molar-refractivity contribution in [2.75, 3.05) is 0 Å². The lowest BCUT2D eigenvalue weighted by atomic mass is 10.4. The van der Waals surface area contributed by atoms with E-state index in [1.807, 2.05) is 0 Å². The summed E-state index contributed by atoms with van der Waals surface area (Å²) < 4.78 is 13.0. The molecule has 1 aromatic heterocycles. The zero-order chi connectivity index (χ0) is 6.15. The third-order valence-corrected chi connectivity index (χ3v) is 1.84. The van der Waals surface area contributed by atoms with Crippen LogP contribution in [0.5, 0.6) is 0 Å². The average Bonchev–Trinajstić information content (AvgIpc) is 1.98. The molecular formula is C5H5BrFN. The fourth-order valence-corrected chi connectivity index (χ4v) is 0.737. The molecule has 1 heterocycles. The second kappa shape index (κ2) is 1.90. The van der Waals surface area contributed by atoms with E-state index >= 15 is 0 Å². The summed E-state index contributed by atoms with van der Waals surface area (Å²) in [6.07, 6.45) is 1.57. The Hall–Kier alpha value is -0.310.